The molecule has 0 spiro atoms. The van der Waals surface area contributed by atoms with E-state index in [4.69, 9.17) is 4.74 Å². The molecule has 1 heterocycles. The molecule has 1 N–H and O–H groups in total. The van der Waals surface area contributed by atoms with Crippen LogP contribution in [0.5, 0.6) is 5.75 Å². The molecule has 0 aliphatic heterocycles. The summed E-state index contributed by atoms with van der Waals surface area (Å²) >= 11 is 4.67. The van der Waals surface area contributed by atoms with Crippen LogP contribution in [-0.2, 0) is 4.79 Å². The molecular weight excluding hydrogens is 430 g/mol. The van der Waals surface area contributed by atoms with E-state index < -0.39 is 5.25 Å². The molecule has 3 rings (SSSR count). The summed E-state index contributed by atoms with van der Waals surface area (Å²) in [7, 11) is 0. The van der Waals surface area contributed by atoms with Gasteiger partial charge in [0.2, 0.25) is 11.1 Å². The molecule has 2 aromatic carbocycles. The second kappa shape index (κ2) is 9.01. The Morgan fingerprint density at radius 1 is 1.30 bits per heavy atom. The van der Waals surface area contributed by atoms with Gasteiger partial charge in [-0.15, -0.1) is 5.10 Å². The van der Waals surface area contributed by atoms with Crippen LogP contribution in [0.15, 0.2) is 58.2 Å². The summed E-state index contributed by atoms with van der Waals surface area (Å²) in [6.45, 7) is 4.26. The van der Waals surface area contributed by atoms with Crippen molar-refractivity contribution in [1.29, 1.82) is 0 Å². The number of benzene rings is 2. The predicted octanol–water partition coefficient (Wildman–Crippen LogP) is 3.94. The van der Waals surface area contributed by atoms with Crippen LogP contribution >= 0.6 is 27.7 Å². The molecule has 9 heteroatoms. The highest BCUT2D eigenvalue weighted by molar-refractivity contribution is 9.10. The van der Waals surface area contributed by atoms with Crippen molar-refractivity contribution >= 4 is 39.3 Å². The number of hydrogen-bond donors (Lipinski definition) is 1. The smallest absolute Gasteiger partial charge is 0.237 e. The fourth-order valence-electron chi connectivity index (χ4n) is 2.34. The number of anilines is 1. The number of aromatic nitrogens is 4. The minimum Gasteiger partial charge on any atom is -0.492 e. The number of hydrogen-bond acceptors (Lipinski definition) is 6. The van der Waals surface area contributed by atoms with Crippen LogP contribution in [-0.4, -0.2) is 38.0 Å². The third-order valence-corrected chi connectivity index (χ3v) is 5.10. The molecule has 27 heavy (non-hydrogen) atoms. The summed E-state index contributed by atoms with van der Waals surface area (Å²) in [6, 6.07) is 15.0. The highest BCUT2D eigenvalue weighted by Crippen LogP contribution is 2.28. The highest BCUT2D eigenvalue weighted by Gasteiger charge is 2.20. The third kappa shape index (κ3) is 4.86. The van der Waals surface area contributed by atoms with Gasteiger partial charge >= 0.3 is 0 Å². The zero-order valence-corrected chi connectivity index (χ0v) is 17.2. The van der Waals surface area contributed by atoms with Gasteiger partial charge in [0.05, 0.1) is 11.9 Å². The van der Waals surface area contributed by atoms with Gasteiger partial charge in [0, 0.05) is 10.2 Å². The van der Waals surface area contributed by atoms with E-state index in [0.717, 1.165) is 15.8 Å². The molecule has 0 aliphatic rings. The van der Waals surface area contributed by atoms with E-state index in [1.54, 1.807) is 4.68 Å². The topological polar surface area (TPSA) is 81.9 Å². The van der Waals surface area contributed by atoms with Crippen molar-refractivity contribution in [2.45, 2.75) is 24.3 Å². The number of thioether (sulfide) groups is 1. The second-order valence-corrected chi connectivity index (χ2v) is 7.76. The fourth-order valence-corrected chi connectivity index (χ4v) is 3.53. The van der Waals surface area contributed by atoms with Gasteiger partial charge < -0.3 is 10.1 Å². The maximum atomic E-state index is 12.5. The molecule has 0 bridgehead atoms. The highest BCUT2D eigenvalue weighted by atomic mass is 79.9. The van der Waals surface area contributed by atoms with Crippen LogP contribution in [0.1, 0.15) is 13.8 Å². The first kappa shape index (κ1) is 19.4. The van der Waals surface area contributed by atoms with Gasteiger partial charge in [-0.2, -0.15) is 4.68 Å². The van der Waals surface area contributed by atoms with Crippen molar-refractivity contribution < 1.29 is 9.53 Å². The van der Waals surface area contributed by atoms with Crippen LogP contribution in [0.3, 0.4) is 0 Å². The van der Waals surface area contributed by atoms with Gasteiger partial charge in [-0.25, -0.2) is 0 Å². The van der Waals surface area contributed by atoms with Crippen LogP contribution in [0.25, 0.3) is 5.69 Å². The van der Waals surface area contributed by atoms with E-state index >= 15 is 0 Å². The summed E-state index contributed by atoms with van der Waals surface area (Å²) in [5, 5.41) is 14.9. The van der Waals surface area contributed by atoms with Crippen LogP contribution < -0.4 is 10.1 Å². The average Bonchev–Trinajstić information content (AvgIpc) is 3.10. The number of tetrazole rings is 1. The standard InChI is InChI=1S/C18H18BrN5O2S/c1-3-26-16-10-5-4-9-15(16)24-18(21-22-23-24)27-12(2)17(25)20-14-8-6-7-13(19)11-14/h4-12H,3H2,1-2H3,(H,20,25). The lowest BCUT2D eigenvalue weighted by atomic mass is 10.3. The zero-order valence-electron chi connectivity index (χ0n) is 14.8. The monoisotopic (exact) mass is 447 g/mol. The number of halogens is 1. The molecule has 0 radical (unpaired) electrons. The number of carbonyl (C=O) groups excluding carboxylic acids is 1. The quantitative estimate of drug-likeness (QED) is 0.552. The van der Waals surface area contributed by atoms with Gasteiger partial charge in [0.1, 0.15) is 11.4 Å². The summed E-state index contributed by atoms with van der Waals surface area (Å²) in [5.41, 5.74) is 1.45. The fraction of sp³-hybridized carbons (Fsp3) is 0.222. The molecular formula is C18H18BrN5O2S. The van der Waals surface area contributed by atoms with Gasteiger partial charge in [-0.3, -0.25) is 4.79 Å². The predicted molar refractivity (Wildman–Crippen MR) is 108 cm³/mol. The number of para-hydroxylation sites is 2. The Hall–Kier alpha value is -2.39. The molecule has 140 valence electrons. The second-order valence-electron chi connectivity index (χ2n) is 5.53. The Kier molecular flexibility index (Phi) is 6.46. The normalized spacial score (nSPS) is 11.8. The number of carbonyl (C=O) groups is 1. The number of nitrogens with zero attached hydrogens (tertiary/aromatic N) is 4. The minimum absolute atomic E-state index is 0.134. The van der Waals surface area contributed by atoms with Crippen molar-refractivity contribution in [2.75, 3.05) is 11.9 Å². The van der Waals surface area contributed by atoms with Gasteiger partial charge in [0.15, 0.2) is 0 Å². The number of ether oxygens (including phenoxy) is 1. The van der Waals surface area contributed by atoms with Crippen LogP contribution in [0.2, 0.25) is 0 Å². The number of nitrogens with one attached hydrogen (secondary N) is 1. The molecule has 7 nitrogen and oxygen atoms in total. The molecule has 3 aromatic rings. The number of rotatable bonds is 7. The summed E-state index contributed by atoms with van der Waals surface area (Å²) in [6.07, 6.45) is 0. The molecule has 1 unspecified atom stereocenters. The van der Waals surface area contributed by atoms with E-state index in [9.17, 15) is 4.79 Å². The first-order valence-electron chi connectivity index (χ1n) is 8.32. The maximum absolute atomic E-state index is 12.5. The third-order valence-electron chi connectivity index (χ3n) is 3.58. The first-order valence-corrected chi connectivity index (χ1v) is 9.99. The Morgan fingerprint density at radius 3 is 2.89 bits per heavy atom. The van der Waals surface area contributed by atoms with Crippen LogP contribution in [0.4, 0.5) is 5.69 Å². The van der Waals surface area contributed by atoms with Crippen molar-refractivity contribution in [3.8, 4) is 11.4 Å². The first-order chi connectivity index (χ1) is 13.1. The SMILES string of the molecule is CCOc1ccccc1-n1nnnc1SC(C)C(=O)Nc1cccc(Br)c1. The Labute approximate surface area is 169 Å². The summed E-state index contributed by atoms with van der Waals surface area (Å²) in [5.74, 6) is 0.547. The largest absolute Gasteiger partial charge is 0.492 e. The van der Waals surface area contributed by atoms with Crippen molar-refractivity contribution in [3.63, 3.8) is 0 Å². The van der Waals surface area contributed by atoms with E-state index in [1.165, 1.54) is 11.8 Å². The molecule has 0 fully saturated rings. The number of amides is 1. The van der Waals surface area contributed by atoms with E-state index in [-0.39, 0.29) is 5.91 Å². The molecule has 1 atom stereocenters. The Bertz CT molecular complexity index is 933. The lowest BCUT2D eigenvalue weighted by molar-refractivity contribution is -0.115. The average molecular weight is 448 g/mol. The summed E-state index contributed by atoms with van der Waals surface area (Å²) in [4.78, 5) is 12.5. The zero-order chi connectivity index (χ0) is 19.2. The van der Waals surface area contributed by atoms with E-state index in [1.807, 2.05) is 62.4 Å². The molecule has 0 saturated carbocycles. The Balaban J connectivity index is 1.75. The maximum Gasteiger partial charge on any atom is 0.237 e. The molecule has 0 saturated heterocycles. The van der Waals surface area contributed by atoms with E-state index in [2.05, 4.69) is 36.8 Å². The minimum atomic E-state index is -0.395. The van der Waals surface area contributed by atoms with Crippen molar-refractivity contribution in [2.24, 2.45) is 0 Å². The van der Waals surface area contributed by atoms with Gasteiger partial charge in [-0.1, -0.05) is 45.9 Å². The lowest BCUT2D eigenvalue weighted by Gasteiger charge is -2.13. The lowest BCUT2D eigenvalue weighted by Crippen LogP contribution is -2.23. The van der Waals surface area contributed by atoms with Gasteiger partial charge in [0.25, 0.3) is 0 Å². The van der Waals surface area contributed by atoms with Crippen molar-refractivity contribution in [3.05, 3.63) is 53.0 Å². The van der Waals surface area contributed by atoms with Crippen LogP contribution in [0, 0.1) is 0 Å². The van der Waals surface area contributed by atoms with E-state index in [0.29, 0.717) is 17.5 Å². The molecule has 1 amide bonds. The molecule has 1 aromatic heterocycles. The van der Waals surface area contributed by atoms with Crippen molar-refractivity contribution in [1.82, 2.24) is 20.2 Å². The van der Waals surface area contributed by atoms with Gasteiger partial charge in [-0.05, 0) is 54.6 Å². The molecule has 0 aliphatic carbocycles. The Morgan fingerprint density at radius 2 is 2.11 bits per heavy atom. The summed E-state index contributed by atoms with van der Waals surface area (Å²) < 4.78 is 8.13.